The lowest BCUT2D eigenvalue weighted by Gasteiger charge is -2.08. The number of rotatable bonds is 3. The molecule has 1 amide bonds. The lowest BCUT2D eigenvalue weighted by atomic mass is 10.0. The molecule has 0 atom stereocenters. The number of nitrogens with zero attached hydrogens (tertiary/aromatic N) is 1. The number of nitrogen functional groups attached to an aromatic ring is 1. The van der Waals surface area contributed by atoms with Gasteiger partial charge in [0.05, 0.1) is 11.3 Å². The average molecular weight is 319 g/mol. The Balaban J connectivity index is 1.91. The van der Waals surface area contributed by atoms with Crippen LogP contribution in [-0.2, 0) is 0 Å². The number of phenols is 1. The number of anilines is 1. The first kappa shape index (κ1) is 15.6. The average Bonchev–Trinajstić information content (AvgIpc) is 2.59. The van der Waals surface area contributed by atoms with Gasteiger partial charge in [0.15, 0.2) is 0 Å². The normalized spacial score (nSPS) is 11.5. The van der Waals surface area contributed by atoms with E-state index in [1.54, 1.807) is 31.2 Å². The Morgan fingerprint density at radius 2 is 1.88 bits per heavy atom. The SMILES string of the molecule is C/C(=N/NC(=O)c1c(O)ccc2ccccc12)c1cccc(N)c1. The van der Waals surface area contributed by atoms with Gasteiger partial charge >= 0.3 is 0 Å². The van der Waals surface area contributed by atoms with Crippen LogP contribution >= 0.6 is 0 Å². The monoisotopic (exact) mass is 319 g/mol. The number of hydrazone groups is 1. The Morgan fingerprint density at radius 1 is 1.08 bits per heavy atom. The van der Waals surface area contributed by atoms with Crippen molar-refractivity contribution in [3.8, 4) is 5.75 Å². The number of carbonyl (C=O) groups is 1. The van der Waals surface area contributed by atoms with E-state index in [0.29, 0.717) is 16.8 Å². The molecule has 0 saturated carbocycles. The third-order valence-electron chi connectivity index (χ3n) is 3.76. The molecule has 4 N–H and O–H groups in total. The molecule has 3 aromatic rings. The van der Waals surface area contributed by atoms with Crippen LogP contribution < -0.4 is 11.2 Å². The minimum Gasteiger partial charge on any atom is -0.507 e. The molecule has 120 valence electrons. The van der Waals surface area contributed by atoms with Crippen molar-refractivity contribution < 1.29 is 9.90 Å². The number of benzene rings is 3. The van der Waals surface area contributed by atoms with Crippen LogP contribution in [0, 0.1) is 0 Å². The summed E-state index contributed by atoms with van der Waals surface area (Å²) in [4.78, 5) is 12.5. The Hall–Kier alpha value is -3.34. The Labute approximate surface area is 139 Å². The van der Waals surface area contributed by atoms with Crippen LogP contribution in [0.15, 0.2) is 65.8 Å². The fourth-order valence-corrected chi connectivity index (χ4v) is 2.52. The van der Waals surface area contributed by atoms with Crippen molar-refractivity contribution in [3.05, 3.63) is 71.8 Å². The minimum atomic E-state index is -0.465. The maximum atomic E-state index is 12.5. The molecule has 0 fully saturated rings. The number of carbonyl (C=O) groups excluding carboxylic acids is 1. The van der Waals surface area contributed by atoms with E-state index in [1.807, 2.05) is 30.3 Å². The summed E-state index contributed by atoms with van der Waals surface area (Å²) >= 11 is 0. The molecule has 0 radical (unpaired) electrons. The highest BCUT2D eigenvalue weighted by molar-refractivity contribution is 6.10. The number of amides is 1. The van der Waals surface area contributed by atoms with Gasteiger partial charge in [-0.2, -0.15) is 5.10 Å². The zero-order valence-corrected chi connectivity index (χ0v) is 13.2. The highest BCUT2D eigenvalue weighted by Gasteiger charge is 2.14. The molecule has 0 unspecified atom stereocenters. The van der Waals surface area contributed by atoms with E-state index in [4.69, 9.17) is 5.73 Å². The van der Waals surface area contributed by atoms with Crippen molar-refractivity contribution in [2.75, 3.05) is 5.73 Å². The number of hydrogen-bond acceptors (Lipinski definition) is 4. The summed E-state index contributed by atoms with van der Waals surface area (Å²) in [6.45, 7) is 1.78. The predicted octanol–water partition coefficient (Wildman–Crippen LogP) is 3.28. The molecule has 0 aliphatic rings. The van der Waals surface area contributed by atoms with Crippen molar-refractivity contribution in [1.29, 1.82) is 0 Å². The van der Waals surface area contributed by atoms with Crippen molar-refractivity contribution in [1.82, 2.24) is 5.43 Å². The summed E-state index contributed by atoms with van der Waals surface area (Å²) < 4.78 is 0. The van der Waals surface area contributed by atoms with E-state index in [2.05, 4.69) is 10.5 Å². The van der Waals surface area contributed by atoms with Gasteiger partial charge in [-0.1, -0.05) is 42.5 Å². The molecule has 0 aromatic heterocycles. The van der Waals surface area contributed by atoms with E-state index >= 15 is 0 Å². The maximum Gasteiger partial charge on any atom is 0.275 e. The van der Waals surface area contributed by atoms with Crippen LogP contribution in [0.1, 0.15) is 22.8 Å². The summed E-state index contributed by atoms with van der Waals surface area (Å²) in [7, 11) is 0. The molecule has 3 rings (SSSR count). The van der Waals surface area contributed by atoms with Crippen LogP contribution in [0.2, 0.25) is 0 Å². The lowest BCUT2D eigenvalue weighted by Crippen LogP contribution is -2.20. The van der Waals surface area contributed by atoms with Crippen LogP contribution in [0.4, 0.5) is 5.69 Å². The number of aromatic hydroxyl groups is 1. The van der Waals surface area contributed by atoms with Gasteiger partial charge in [0, 0.05) is 5.69 Å². The fraction of sp³-hybridized carbons (Fsp3) is 0.0526. The fourth-order valence-electron chi connectivity index (χ4n) is 2.52. The number of fused-ring (bicyclic) bond motifs is 1. The highest BCUT2D eigenvalue weighted by Crippen LogP contribution is 2.26. The van der Waals surface area contributed by atoms with Crippen molar-refractivity contribution in [3.63, 3.8) is 0 Å². The molecule has 0 bridgehead atoms. The minimum absolute atomic E-state index is 0.0805. The molecular formula is C19H17N3O2. The summed E-state index contributed by atoms with van der Waals surface area (Å²) in [6, 6.07) is 17.9. The van der Waals surface area contributed by atoms with E-state index < -0.39 is 5.91 Å². The van der Waals surface area contributed by atoms with Crippen LogP contribution in [0.5, 0.6) is 5.75 Å². The molecule has 5 heteroatoms. The van der Waals surface area contributed by atoms with Gasteiger partial charge in [0.25, 0.3) is 5.91 Å². The number of nitrogens with two attached hydrogens (primary N) is 1. The second kappa shape index (κ2) is 6.42. The second-order valence-corrected chi connectivity index (χ2v) is 5.44. The largest absolute Gasteiger partial charge is 0.507 e. The lowest BCUT2D eigenvalue weighted by molar-refractivity contribution is 0.0954. The topological polar surface area (TPSA) is 87.7 Å². The van der Waals surface area contributed by atoms with Gasteiger partial charge < -0.3 is 10.8 Å². The summed E-state index contributed by atoms with van der Waals surface area (Å²) in [6.07, 6.45) is 0. The summed E-state index contributed by atoms with van der Waals surface area (Å²) in [5.41, 5.74) is 10.5. The molecule has 0 spiro atoms. The van der Waals surface area contributed by atoms with Crippen molar-refractivity contribution in [2.24, 2.45) is 5.10 Å². The summed E-state index contributed by atoms with van der Waals surface area (Å²) in [5.74, 6) is -0.546. The highest BCUT2D eigenvalue weighted by atomic mass is 16.3. The van der Waals surface area contributed by atoms with E-state index in [9.17, 15) is 9.90 Å². The Kier molecular flexibility index (Phi) is 4.16. The Morgan fingerprint density at radius 3 is 2.67 bits per heavy atom. The number of hydrogen-bond donors (Lipinski definition) is 3. The predicted molar refractivity (Wildman–Crippen MR) is 96.1 cm³/mol. The third-order valence-corrected chi connectivity index (χ3v) is 3.76. The smallest absolute Gasteiger partial charge is 0.275 e. The zero-order chi connectivity index (χ0) is 17.1. The van der Waals surface area contributed by atoms with Crippen molar-refractivity contribution >= 4 is 28.1 Å². The van der Waals surface area contributed by atoms with Crippen molar-refractivity contribution in [2.45, 2.75) is 6.92 Å². The van der Waals surface area contributed by atoms with Gasteiger partial charge in [0.2, 0.25) is 0 Å². The van der Waals surface area contributed by atoms with Gasteiger partial charge in [-0.05, 0) is 41.5 Å². The molecule has 0 aliphatic heterocycles. The van der Waals surface area contributed by atoms with Crippen LogP contribution in [0.25, 0.3) is 10.8 Å². The number of phenolic OH excluding ortho intramolecular Hbond substituents is 1. The zero-order valence-electron chi connectivity index (χ0n) is 13.2. The Bertz CT molecular complexity index is 948. The first-order valence-electron chi connectivity index (χ1n) is 7.47. The standard InChI is InChI=1S/C19H17N3O2/c1-12(14-6-4-7-15(20)11-14)21-22-19(24)18-16-8-3-2-5-13(16)9-10-17(18)23/h2-11,23H,20H2,1H3,(H,22,24)/b21-12-. The van der Waals surface area contributed by atoms with Gasteiger partial charge in [-0.15, -0.1) is 0 Å². The van der Waals surface area contributed by atoms with E-state index in [-0.39, 0.29) is 11.3 Å². The first-order chi connectivity index (χ1) is 11.6. The molecule has 3 aromatic carbocycles. The molecule has 0 aliphatic carbocycles. The second-order valence-electron chi connectivity index (χ2n) is 5.44. The molecule has 5 nitrogen and oxygen atoms in total. The molecule has 0 saturated heterocycles. The van der Waals surface area contributed by atoms with Gasteiger partial charge in [-0.3, -0.25) is 4.79 Å². The molecule has 0 heterocycles. The quantitative estimate of drug-likeness (QED) is 0.393. The van der Waals surface area contributed by atoms with Crippen LogP contribution in [-0.4, -0.2) is 16.7 Å². The van der Waals surface area contributed by atoms with Crippen LogP contribution in [0.3, 0.4) is 0 Å². The molecule has 24 heavy (non-hydrogen) atoms. The third kappa shape index (κ3) is 3.05. The summed E-state index contributed by atoms with van der Waals surface area (Å²) in [5, 5.41) is 15.7. The number of nitrogens with one attached hydrogen (secondary N) is 1. The van der Waals surface area contributed by atoms with E-state index in [0.717, 1.165) is 10.9 Å². The maximum absolute atomic E-state index is 12.5. The van der Waals surface area contributed by atoms with Gasteiger partial charge in [0.1, 0.15) is 5.75 Å². The molecular weight excluding hydrogens is 302 g/mol. The van der Waals surface area contributed by atoms with E-state index in [1.165, 1.54) is 6.07 Å². The van der Waals surface area contributed by atoms with Gasteiger partial charge in [-0.25, -0.2) is 5.43 Å². The first-order valence-corrected chi connectivity index (χ1v) is 7.47.